The molecule has 0 amide bonds. The number of aliphatic hydroxyl groups is 1. The van der Waals surface area contributed by atoms with Crippen molar-refractivity contribution in [3.63, 3.8) is 0 Å². The summed E-state index contributed by atoms with van der Waals surface area (Å²) in [5.41, 5.74) is -0.104. The van der Waals surface area contributed by atoms with Gasteiger partial charge in [-0.15, -0.1) is 0 Å². The standard InChI is InChI=1S/C17H33NO3/c1-17(13-19,18-14-8-9-14)10-3-4-11-21-16-7-5-6-15(12-16)20-2/h14-16,18-19H,3-13H2,1-2H3. The Morgan fingerprint density at radius 3 is 2.57 bits per heavy atom. The van der Waals surface area contributed by atoms with E-state index < -0.39 is 0 Å². The van der Waals surface area contributed by atoms with E-state index in [1.807, 2.05) is 0 Å². The third-order valence-corrected chi connectivity index (χ3v) is 4.87. The van der Waals surface area contributed by atoms with Gasteiger partial charge in [-0.25, -0.2) is 0 Å². The van der Waals surface area contributed by atoms with Gasteiger partial charge in [-0.05, 0) is 64.7 Å². The lowest BCUT2D eigenvalue weighted by Crippen LogP contribution is -2.46. The zero-order chi connectivity index (χ0) is 15.1. The van der Waals surface area contributed by atoms with E-state index in [0.29, 0.717) is 18.2 Å². The lowest BCUT2D eigenvalue weighted by molar-refractivity contribution is -0.0306. The molecule has 0 aliphatic heterocycles. The van der Waals surface area contributed by atoms with Crippen LogP contribution >= 0.6 is 0 Å². The summed E-state index contributed by atoms with van der Waals surface area (Å²) in [6.45, 7) is 3.20. The maximum absolute atomic E-state index is 9.57. The fourth-order valence-electron chi connectivity index (χ4n) is 3.25. The van der Waals surface area contributed by atoms with Crippen LogP contribution in [0.4, 0.5) is 0 Å². The smallest absolute Gasteiger partial charge is 0.0610 e. The van der Waals surface area contributed by atoms with Crippen LogP contribution in [0.2, 0.25) is 0 Å². The van der Waals surface area contributed by atoms with Crippen LogP contribution in [0.25, 0.3) is 0 Å². The molecule has 2 fully saturated rings. The third kappa shape index (κ3) is 6.23. The Labute approximate surface area is 129 Å². The Balaban J connectivity index is 1.54. The number of nitrogens with one attached hydrogen (secondary N) is 1. The van der Waals surface area contributed by atoms with Crippen LogP contribution < -0.4 is 5.32 Å². The normalized spacial score (nSPS) is 29.3. The third-order valence-electron chi connectivity index (χ3n) is 4.87. The molecule has 0 aromatic carbocycles. The molecule has 4 nitrogen and oxygen atoms in total. The van der Waals surface area contributed by atoms with Crippen LogP contribution in [0.5, 0.6) is 0 Å². The molecule has 0 aromatic rings. The van der Waals surface area contributed by atoms with Gasteiger partial charge in [0.05, 0.1) is 18.8 Å². The van der Waals surface area contributed by atoms with Crippen molar-refractivity contribution < 1.29 is 14.6 Å². The zero-order valence-corrected chi connectivity index (χ0v) is 13.8. The highest BCUT2D eigenvalue weighted by Crippen LogP contribution is 2.26. The monoisotopic (exact) mass is 299 g/mol. The molecule has 2 aliphatic carbocycles. The minimum atomic E-state index is -0.104. The second-order valence-corrected chi connectivity index (χ2v) is 7.11. The second-order valence-electron chi connectivity index (χ2n) is 7.11. The summed E-state index contributed by atoms with van der Waals surface area (Å²) in [5.74, 6) is 0. The highest BCUT2D eigenvalue weighted by molar-refractivity contribution is 4.92. The Hall–Kier alpha value is -0.160. The summed E-state index contributed by atoms with van der Waals surface area (Å²) in [6, 6.07) is 0.645. The lowest BCUT2D eigenvalue weighted by atomic mass is 9.94. The number of ether oxygens (including phenoxy) is 2. The van der Waals surface area contributed by atoms with Crippen molar-refractivity contribution in [3.8, 4) is 0 Å². The van der Waals surface area contributed by atoms with Gasteiger partial charge in [0.15, 0.2) is 0 Å². The highest BCUT2D eigenvalue weighted by atomic mass is 16.5. The fourth-order valence-corrected chi connectivity index (χ4v) is 3.25. The SMILES string of the molecule is COC1CCCC(OCCCCC(C)(CO)NC2CC2)C1. The summed E-state index contributed by atoms with van der Waals surface area (Å²) >= 11 is 0. The Morgan fingerprint density at radius 2 is 1.90 bits per heavy atom. The van der Waals surface area contributed by atoms with Crippen LogP contribution in [0.3, 0.4) is 0 Å². The minimum absolute atomic E-state index is 0.104. The second kappa shape index (κ2) is 8.47. The molecule has 0 heterocycles. The van der Waals surface area contributed by atoms with E-state index in [4.69, 9.17) is 9.47 Å². The molecule has 3 unspecified atom stereocenters. The van der Waals surface area contributed by atoms with Gasteiger partial charge in [0.2, 0.25) is 0 Å². The average molecular weight is 299 g/mol. The van der Waals surface area contributed by atoms with Gasteiger partial charge >= 0.3 is 0 Å². The maximum atomic E-state index is 9.57. The van der Waals surface area contributed by atoms with E-state index in [1.165, 1.54) is 32.1 Å². The summed E-state index contributed by atoms with van der Waals surface area (Å²) in [7, 11) is 1.80. The first-order chi connectivity index (χ1) is 10.1. The van der Waals surface area contributed by atoms with E-state index in [2.05, 4.69) is 12.2 Å². The van der Waals surface area contributed by atoms with Crippen LogP contribution in [0.1, 0.15) is 64.7 Å². The number of rotatable bonds is 10. The van der Waals surface area contributed by atoms with Gasteiger partial charge in [0, 0.05) is 25.3 Å². The van der Waals surface area contributed by atoms with Gasteiger partial charge in [0.1, 0.15) is 0 Å². The Morgan fingerprint density at radius 1 is 1.14 bits per heavy atom. The largest absolute Gasteiger partial charge is 0.394 e. The molecule has 2 aliphatic rings. The molecule has 3 atom stereocenters. The number of aliphatic hydroxyl groups excluding tert-OH is 1. The molecule has 0 bridgehead atoms. The van der Waals surface area contributed by atoms with E-state index >= 15 is 0 Å². The molecule has 0 aromatic heterocycles. The van der Waals surface area contributed by atoms with Gasteiger partial charge in [0.25, 0.3) is 0 Å². The molecule has 0 saturated heterocycles. The zero-order valence-electron chi connectivity index (χ0n) is 13.8. The Kier molecular flexibility index (Phi) is 6.93. The number of hydrogen-bond donors (Lipinski definition) is 2. The predicted molar refractivity (Wildman–Crippen MR) is 84.5 cm³/mol. The van der Waals surface area contributed by atoms with E-state index in [1.54, 1.807) is 7.11 Å². The summed E-state index contributed by atoms with van der Waals surface area (Å²) in [6.07, 6.45) is 11.1. The minimum Gasteiger partial charge on any atom is -0.394 e. The van der Waals surface area contributed by atoms with Crippen molar-refractivity contribution in [1.29, 1.82) is 0 Å². The number of unbranched alkanes of at least 4 members (excludes halogenated alkanes) is 1. The molecule has 0 radical (unpaired) electrons. The quantitative estimate of drug-likeness (QED) is 0.609. The molecule has 2 rings (SSSR count). The van der Waals surface area contributed by atoms with Gasteiger partial charge in [-0.3, -0.25) is 0 Å². The molecule has 124 valence electrons. The summed E-state index contributed by atoms with van der Waals surface area (Å²) in [4.78, 5) is 0. The van der Waals surface area contributed by atoms with Gasteiger partial charge in [-0.1, -0.05) is 0 Å². The van der Waals surface area contributed by atoms with Gasteiger partial charge < -0.3 is 19.9 Å². The van der Waals surface area contributed by atoms with Crippen molar-refractivity contribution in [1.82, 2.24) is 5.32 Å². The maximum Gasteiger partial charge on any atom is 0.0610 e. The van der Waals surface area contributed by atoms with Crippen molar-refractivity contribution >= 4 is 0 Å². The molecule has 21 heavy (non-hydrogen) atoms. The fraction of sp³-hybridized carbons (Fsp3) is 1.00. The first kappa shape index (κ1) is 17.2. The molecule has 2 saturated carbocycles. The van der Waals surface area contributed by atoms with Crippen molar-refractivity contribution in [2.75, 3.05) is 20.3 Å². The van der Waals surface area contributed by atoms with Crippen molar-refractivity contribution in [2.24, 2.45) is 0 Å². The number of methoxy groups -OCH3 is 1. The predicted octanol–water partition coefficient (Wildman–Crippen LogP) is 2.63. The molecular formula is C17H33NO3. The van der Waals surface area contributed by atoms with Crippen molar-refractivity contribution in [3.05, 3.63) is 0 Å². The first-order valence-electron chi connectivity index (χ1n) is 8.68. The topological polar surface area (TPSA) is 50.7 Å². The van der Waals surface area contributed by atoms with Gasteiger partial charge in [-0.2, -0.15) is 0 Å². The average Bonchev–Trinajstić information content (AvgIpc) is 3.31. The Bertz CT molecular complexity index is 296. The van der Waals surface area contributed by atoms with Crippen LogP contribution in [-0.2, 0) is 9.47 Å². The number of hydrogen-bond acceptors (Lipinski definition) is 4. The van der Waals surface area contributed by atoms with Crippen LogP contribution in [-0.4, -0.2) is 49.2 Å². The summed E-state index contributed by atoms with van der Waals surface area (Å²) in [5, 5.41) is 13.1. The van der Waals surface area contributed by atoms with E-state index in [9.17, 15) is 5.11 Å². The first-order valence-corrected chi connectivity index (χ1v) is 8.68. The molecule has 4 heteroatoms. The van der Waals surface area contributed by atoms with Crippen LogP contribution in [0, 0.1) is 0 Å². The van der Waals surface area contributed by atoms with Crippen molar-refractivity contribution in [2.45, 2.75) is 88.5 Å². The highest BCUT2D eigenvalue weighted by Gasteiger charge is 2.31. The van der Waals surface area contributed by atoms with E-state index in [-0.39, 0.29) is 12.1 Å². The molecule has 0 spiro atoms. The molecule has 2 N–H and O–H groups in total. The molecular weight excluding hydrogens is 266 g/mol. The van der Waals surface area contributed by atoms with Crippen LogP contribution in [0.15, 0.2) is 0 Å². The lowest BCUT2D eigenvalue weighted by Gasteiger charge is -2.30. The van der Waals surface area contributed by atoms with E-state index in [0.717, 1.165) is 32.3 Å². The summed E-state index contributed by atoms with van der Waals surface area (Å²) < 4.78 is 11.4.